The lowest BCUT2D eigenvalue weighted by Crippen LogP contribution is -2.06. The highest BCUT2D eigenvalue weighted by molar-refractivity contribution is 5.89. The zero-order valence-electron chi connectivity index (χ0n) is 9.45. The number of hydrogen-bond donors (Lipinski definition) is 0. The van der Waals surface area contributed by atoms with Gasteiger partial charge in [-0.05, 0) is 50.2 Å². The standard InChI is InChI=1S/C14H16N2/c1-11-4-3-5-14(10-11)16-13-8-6-12(15-2)7-9-13/h6-9H,1-5,10H2/b16-14+. The molecule has 1 aromatic rings. The fourth-order valence-electron chi connectivity index (χ4n) is 1.92. The molecule has 1 fully saturated rings. The van der Waals surface area contributed by atoms with Crippen molar-refractivity contribution >= 4 is 23.8 Å². The Hall–Kier alpha value is -1.70. The lowest BCUT2D eigenvalue weighted by Gasteiger charge is -2.14. The molecular formula is C14H16N2. The van der Waals surface area contributed by atoms with Gasteiger partial charge in [0.1, 0.15) is 0 Å². The van der Waals surface area contributed by atoms with E-state index in [0.717, 1.165) is 30.6 Å². The van der Waals surface area contributed by atoms with Crippen LogP contribution >= 0.6 is 0 Å². The Morgan fingerprint density at radius 3 is 2.31 bits per heavy atom. The summed E-state index contributed by atoms with van der Waals surface area (Å²) in [5.74, 6) is 0. The fourth-order valence-corrected chi connectivity index (χ4v) is 1.92. The van der Waals surface area contributed by atoms with Gasteiger partial charge in [0.2, 0.25) is 0 Å². The van der Waals surface area contributed by atoms with Crippen LogP contribution in [0.3, 0.4) is 0 Å². The second-order valence-corrected chi connectivity index (χ2v) is 4.13. The van der Waals surface area contributed by atoms with E-state index in [4.69, 9.17) is 0 Å². The van der Waals surface area contributed by atoms with Crippen LogP contribution < -0.4 is 0 Å². The molecular weight excluding hydrogens is 196 g/mol. The maximum absolute atomic E-state index is 4.64. The molecule has 1 aliphatic rings. The van der Waals surface area contributed by atoms with Gasteiger partial charge in [-0.3, -0.25) is 9.98 Å². The average Bonchev–Trinajstić information content (AvgIpc) is 2.30. The highest BCUT2D eigenvalue weighted by Crippen LogP contribution is 2.24. The Morgan fingerprint density at radius 2 is 1.69 bits per heavy atom. The lowest BCUT2D eigenvalue weighted by atomic mass is 9.94. The molecule has 0 radical (unpaired) electrons. The van der Waals surface area contributed by atoms with Gasteiger partial charge in [-0.2, -0.15) is 0 Å². The van der Waals surface area contributed by atoms with Crippen LogP contribution in [-0.4, -0.2) is 12.4 Å². The first-order chi connectivity index (χ1) is 7.78. The van der Waals surface area contributed by atoms with Gasteiger partial charge < -0.3 is 0 Å². The van der Waals surface area contributed by atoms with Crippen molar-refractivity contribution < 1.29 is 0 Å². The molecule has 0 atom stereocenters. The number of hydrogen-bond acceptors (Lipinski definition) is 2. The average molecular weight is 212 g/mol. The molecule has 0 aliphatic heterocycles. The highest BCUT2D eigenvalue weighted by atomic mass is 14.8. The summed E-state index contributed by atoms with van der Waals surface area (Å²) in [7, 11) is 0. The van der Waals surface area contributed by atoms with Gasteiger partial charge in [0.25, 0.3) is 0 Å². The van der Waals surface area contributed by atoms with Gasteiger partial charge in [0.15, 0.2) is 0 Å². The summed E-state index contributed by atoms with van der Waals surface area (Å²) >= 11 is 0. The van der Waals surface area contributed by atoms with Crippen molar-refractivity contribution in [2.24, 2.45) is 9.98 Å². The lowest BCUT2D eigenvalue weighted by molar-refractivity contribution is 0.794. The molecule has 0 heterocycles. The van der Waals surface area contributed by atoms with Crippen LogP contribution in [0.15, 0.2) is 46.4 Å². The zero-order chi connectivity index (χ0) is 11.4. The second kappa shape index (κ2) is 4.88. The smallest absolute Gasteiger partial charge is 0.0630 e. The molecule has 0 N–H and O–H groups in total. The summed E-state index contributed by atoms with van der Waals surface area (Å²) in [5, 5.41) is 0. The van der Waals surface area contributed by atoms with Crippen molar-refractivity contribution in [3.63, 3.8) is 0 Å². The van der Waals surface area contributed by atoms with Crippen LogP contribution in [0.4, 0.5) is 11.4 Å². The predicted octanol–water partition coefficient (Wildman–Crippen LogP) is 4.22. The molecule has 0 saturated heterocycles. The highest BCUT2D eigenvalue weighted by Gasteiger charge is 2.09. The number of benzene rings is 1. The van der Waals surface area contributed by atoms with Crippen LogP contribution in [0, 0.1) is 0 Å². The molecule has 0 unspecified atom stereocenters. The summed E-state index contributed by atoms with van der Waals surface area (Å²) < 4.78 is 0. The van der Waals surface area contributed by atoms with Gasteiger partial charge in [-0.25, -0.2) is 0 Å². The largest absolute Gasteiger partial charge is 0.265 e. The second-order valence-electron chi connectivity index (χ2n) is 4.13. The molecule has 1 aromatic carbocycles. The van der Waals surface area contributed by atoms with Crippen molar-refractivity contribution in [3.8, 4) is 0 Å². The van der Waals surface area contributed by atoms with E-state index in [-0.39, 0.29) is 0 Å². The predicted molar refractivity (Wildman–Crippen MR) is 70.4 cm³/mol. The van der Waals surface area contributed by atoms with Crippen molar-refractivity contribution in [1.29, 1.82) is 0 Å². The minimum atomic E-state index is 0.886. The number of nitrogens with zero attached hydrogens (tertiary/aromatic N) is 2. The van der Waals surface area contributed by atoms with E-state index in [9.17, 15) is 0 Å². The van der Waals surface area contributed by atoms with Gasteiger partial charge >= 0.3 is 0 Å². The number of aliphatic imine (C=N–C) groups is 2. The molecule has 0 amide bonds. The third-order valence-corrected chi connectivity index (χ3v) is 2.77. The fraction of sp³-hybridized carbons (Fsp3) is 0.286. The van der Waals surface area contributed by atoms with Gasteiger partial charge in [-0.15, -0.1) is 0 Å². The van der Waals surface area contributed by atoms with E-state index in [2.05, 4.69) is 23.3 Å². The van der Waals surface area contributed by atoms with Crippen molar-refractivity contribution in [2.45, 2.75) is 25.7 Å². The van der Waals surface area contributed by atoms with E-state index in [1.807, 2.05) is 24.3 Å². The van der Waals surface area contributed by atoms with Crippen LogP contribution in [0.1, 0.15) is 25.7 Å². The summed E-state index contributed by atoms with van der Waals surface area (Å²) in [5.41, 5.74) is 4.43. The number of allylic oxidation sites excluding steroid dienone is 1. The summed E-state index contributed by atoms with van der Waals surface area (Å²) in [4.78, 5) is 8.50. The number of rotatable bonds is 2. The van der Waals surface area contributed by atoms with Gasteiger partial charge in [0.05, 0.1) is 11.4 Å². The Labute approximate surface area is 96.4 Å². The van der Waals surface area contributed by atoms with E-state index >= 15 is 0 Å². The molecule has 1 aliphatic carbocycles. The van der Waals surface area contributed by atoms with E-state index in [1.165, 1.54) is 17.7 Å². The van der Waals surface area contributed by atoms with Crippen LogP contribution in [-0.2, 0) is 0 Å². The SMILES string of the molecule is C=Nc1ccc(/N=C2\CCCC(=C)C2)cc1. The van der Waals surface area contributed by atoms with Crippen LogP contribution in [0.2, 0.25) is 0 Å². The molecule has 0 bridgehead atoms. The van der Waals surface area contributed by atoms with Crippen molar-refractivity contribution in [3.05, 3.63) is 36.4 Å². The van der Waals surface area contributed by atoms with Crippen molar-refractivity contribution in [2.75, 3.05) is 0 Å². The minimum Gasteiger partial charge on any atom is -0.265 e. The Bertz CT molecular complexity index is 427. The van der Waals surface area contributed by atoms with Gasteiger partial charge in [0, 0.05) is 12.1 Å². The normalized spacial score (nSPS) is 18.8. The quantitative estimate of drug-likeness (QED) is 0.518. The van der Waals surface area contributed by atoms with E-state index < -0.39 is 0 Å². The summed E-state index contributed by atoms with van der Waals surface area (Å²) in [6, 6.07) is 7.83. The van der Waals surface area contributed by atoms with E-state index in [1.54, 1.807) is 0 Å². The monoisotopic (exact) mass is 212 g/mol. The minimum absolute atomic E-state index is 0.886. The Balaban J connectivity index is 2.14. The van der Waals surface area contributed by atoms with E-state index in [0.29, 0.717) is 0 Å². The topological polar surface area (TPSA) is 24.7 Å². The first kappa shape index (κ1) is 10.8. The van der Waals surface area contributed by atoms with Crippen LogP contribution in [0.25, 0.3) is 0 Å². The van der Waals surface area contributed by atoms with Gasteiger partial charge in [-0.1, -0.05) is 12.2 Å². The Morgan fingerprint density at radius 1 is 1.00 bits per heavy atom. The molecule has 2 nitrogen and oxygen atoms in total. The third-order valence-electron chi connectivity index (χ3n) is 2.77. The third kappa shape index (κ3) is 2.66. The molecule has 0 aromatic heterocycles. The summed E-state index contributed by atoms with van der Waals surface area (Å²) in [6.45, 7) is 7.52. The molecule has 2 heteroatoms. The molecule has 82 valence electrons. The van der Waals surface area contributed by atoms with Crippen LogP contribution in [0.5, 0.6) is 0 Å². The first-order valence-corrected chi connectivity index (χ1v) is 5.58. The molecule has 2 rings (SSSR count). The first-order valence-electron chi connectivity index (χ1n) is 5.58. The maximum Gasteiger partial charge on any atom is 0.0630 e. The molecule has 1 saturated carbocycles. The Kier molecular flexibility index (Phi) is 3.30. The molecule has 16 heavy (non-hydrogen) atoms. The maximum atomic E-state index is 4.64. The molecule has 0 spiro atoms. The summed E-state index contributed by atoms with van der Waals surface area (Å²) in [6.07, 6.45) is 4.39. The zero-order valence-corrected chi connectivity index (χ0v) is 9.45. The van der Waals surface area contributed by atoms with Crippen molar-refractivity contribution in [1.82, 2.24) is 0 Å².